The van der Waals surface area contributed by atoms with Crippen molar-refractivity contribution in [3.05, 3.63) is 53.4 Å². The molecule has 1 aromatic carbocycles. The van der Waals surface area contributed by atoms with Gasteiger partial charge in [0.05, 0.1) is 24.9 Å². The van der Waals surface area contributed by atoms with E-state index in [0.717, 1.165) is 23.2 Å². The molecule has 0 bridgehead atoms. The van der Waals surface area contributed by atoms with Crippen LogP contribution in [0.1, 0.15) is 43.1 Å². The third-order valence-corrected chi connectivity index (χ3v) is 5.64. The molecule has 2 aliphatic heterocycles. The van der Waals surface area contributed by atoms with Crippen molar-refractivity contribution in [3.63, 3.8) is 0 Å². The molecule has 3 heterocycles. The van der Waals surface area contributed by atoms with Crippen LogP contribution in [-0.4, -0.2) is 40.4 Å². The first-order valence-corrected chi connectivity index (χ1v) is 9.91. The highest BCUT2D eigenvalue weighted by Gasteiger charge is 2.40. The van der Waals surface area contributed by atoms with Crippen LogP contribution in [0.4, 0.5) is 11.6 Å². The van der Waals surface area contributed by atoms with Crippen LogP contribution in [0.5, 0.6) is 0 Å². The number of amides is 1. The fourth-order valence-electron chi connectivity index (χ4n) is 4.07. The van der Waals surface area contributed by atoms with Gasteiger partial charge in [-0.3, -0.25) is 9.69 Å². The van der Waals surface area contributed by atoms with Gasteiger partial charge in [-0.15, -0.1) is 0 Å². The normalized spacial score (nSPS) is 23.9. The molecule has 7 nitrogen and oxygen atoms in total. The Labute approximate surface area is 170 Å². The van der Waals surface area contributed by atoms with E-state index in [4.69, 9.17) is 4.74 Å². The van der Waals surface area contributed by atoms with Crippen LogP contribution < -0.4 is 10.2 Å². The molecule has 1 amide bonds. The number of aryl methyl sites for hydroxylation is 1. The molecule has 1 aromatic heterocycles. The summed E-state index contributed by atoms with van der Waals surface area (Å²) in [5.74, 6) is 0.0651. The number of benzene rings is 1. The first-order chi connectivity index (χ1) is 14.0. The summed E-state index contributed by atoms with van der Waals surface area (Å²) in [4.78, 5) is 22.6. The number of nitrogens with one attached hydrogen (secondary N) is 1. The lowest BCUT2D eigenvalue weighted by atomic mass is 9.84. The Bertz CT molecular complexity index is 959. The number of hydrogen-bond acceptors (Lipinski definition) is 6. The van der Waals surface area contributed by atoms with Gasteiger partial charge >= 0.3 is 0 Å². The molecule has 0 aliphatic carbocycles. The Morgan fingerprint density at radius 1 is 1.34 bits per heavy atom. The van der Waals surface area contributed by atoms with Crippen molar-refractivity contribution in [1.29, 1.82) is 0 Å². The zero-order chi connectivity index (χ0) is 20.5. The number of fused-ring (bicyclic) bond motifs is 1. The Morgan fingerprint density at radius 2 is 2.17 bits per heavy atom. The summed E-state index contributed by atoms with van der Waals surface area (Å²) in [5, 5.41) is 14.3. The van der Waals surface area contributed by atoms with E-state index >= 15 is 0 Å². The van der Waals surface area contributed by atoms with E-state index in [-0.39, 0.29) is 17.9 Å². The van der Waals surface area contributed by atoms with E-state index in [1.807, 2.05) is 32.0 Å². The van der Waals surface area contributed by atoms with E-state index < -0.39 is 6.23 Å². The molecule has 2 N–H and O–H groups in total. The molecule has 0 radical (unpaired) electrons. The van der Waals surface area contributed by atoms with Crippen LogP contribution in [0.2, 0.25) is 0 Å². The minimum Gasteiger partial charge on any atom is -0.377 e. The monoisotopic (exact) mass is 394 g/mol. The van der Waals surface area contributed by atoms with Crippen molar-refractivity contribution < 1.29 is 14.6 Å². The Morgan fingerprint density at radius 3 is 2.86 bits per heavy atom. The molecule has 0 saturated carbocycles. The first kappa shape index (κ1) is 19.5. The predicted octanol–water partition coefficient (Wildman–Crippen LogP) is 3.06. The van der Waals surface area contributed by atoms with Crippen molar-refractivity contribution in [2.75, 3.05) is 23.4 Å². The highest BCUT2D eigenvalue weighted by Crippen LogP contribution is 2.43. The van der Waals surface area contributed by atoms with E-state index in [0.29, 0.717) is 24.8 Å². The first-order valence-electron chi connectivity index (χ1n) is 9.91. The van der Waals surface area contributed by atoms with Gasteiger partial charge in [0.1, 0.15) is 6.23 Å². The van der Waals surface area contributed by atoms with Crippen molar-refractivity contribution in [1.82, 2.24) is 9.97 Å². The van der Waals surface area contributed by atoms with Gasteiger partial charge in [-0.05, 0) is 48.2 Å². The SMILES string of the molecule is CC(=O)N1c2ccc(C3=CCOCC3)cc2[C@H](Nc2nccc(C)n2)[C@@H](C)[C@@H]1O. The Kier molecular flexibility index (Phi) is 5.34. The average molecular weight is 394 g/mol. The maximum atomic E-state index is 12.3. The lowest BCUT2D eigenvalue weighted by Crippen LogP contribution is -2.50. The molecule has 0 unspecified atom stereocenters. The Balaban J connectivity index is 1.80. The quantitative estimate of drug-likeness (QED) is 0.832. The van der Waals surface area contributed by atoms with Crippen LogP contribution in [0.25, 0.3) is 5.57 Å². The van der Waals surface area contributed by atoms with E-state index in [9.17, 15) is 9.90 Å². The number of rotatable bonds is 3. The summed E-state index contributed by atoms with van der Waals surface area (Å²) >= 11 is 0. The van der Waals surface area contributed by atoms with Gasteiger partial charge in [-0.2, -0.15) is 0 Å². The molecule has 152 valence electrons. The molecule has 4 rings (SSSR count). The van der Waals surface area contributed by atoms with Gasteiger partial charge in [-0.1, -0.05) is 19.1 Å². The van der Waals surface area contributed by atoms with Crippen molar-refractivity contribution in [2.24, 2.45) is 5.92 Å². The van der Waals surface area contributed by atoms with Crippen molar-refractivity contribution in [3.8, 4) is 0 Å². The molecule has 2 aliphatic rings. The van der Waals surface area contributed by atoms with E-state index in [1.54, 1.807) is 6.20 Å². The van der Waals surface area contributed by atoms with Crippen molar-refractivity contribution >= 4 is 23.1 Å². The number of nitrogens with zero attached hydrogens (tertiary/aromatic N) is 3. The number of ether oxygens (including phenoxy) is 1. The summed E-state index contributed by atoms with van der Waals surface area (Å²) in [6.45, 7) is 6.63. The maximum absolute atomic E-state index is 12.3. The van der Waals surface area contributed by atoms with Gasteiger partial charge in [0.15, 0.2) is 0 Å². The lowest BCUT2D eigenvalue weighted by molar-refractivity contribution is -0.119. The van der Waals surface area contributed by atoms with Crippen LogP contribution >= 0.6 is 0 Å². The highest BCUT2D eigenvalue weighted by atomic mass is 16.5. The summed E-state index contributed by atoms with van der Waals surface area (Å²) in [6.07, 6.45) is 3.73. The number of aromatic nitrogens is 2. The molecule has 3 atom stereocenters. The Hall–Kier alpha value is -2.77. The van der Waals surface area contributed by atoms with Gasteiger partial charge in [0, 0.05) is 24.7 Å². The van der Waals surface area contributed by atoms with Crippen LogP contribution in [-0.2, 0) is 9.53 Å². The summed E-state index contributed by atoms with van der Waals surface area (Å²) in [7, 11) is 0. The second-order valence-corrected chi connectivity index (χ2v) is 7.63. The summed E-state index contributed by atoms with van der Waals surface area (Å²) in [6, 6.07) is 7.64. The maximum Gasteiger partial charge on any atom is 0.225 e. The van der Waals surface area contributed by atoms with Crippen LogP contribution in [0, 0.1) is 12.8 Å². The number of carbonyl (C=O) groups is 1. The molecule has 2 aromatic rings. The van der Waals surface area contributed by atoms with Gasteiger partial charge in [-0.25, -0.2) is 9.97 Å². The molecule has 0 fully saturated rings. The largest absolute Gasteiger partial charge is 0.377 e. The van der Waals surface area contributed by atoms with Gasteiger partial charge in [0.25, 0.3) is 0 Å². The standard InChI is InChI=1S/C22H26N4O3/c1-13-6-9-23-22(24-13)25-20-14(2)21(28)26(15(3)27)19-5-4-17(12-18(19)20)16-7-10-29-11-8-16/h4-7,9,12,14,20-21,28H,8,10-11H2,1-3H3,(H,23,24,25)/t14-,20-,21+/m1/s1. The smallest absolute Gasteiger partial charge is 0.225 e. The number of hydrogen-bond donors (Lipinski definition) is 2. The van der Waals surface area contributed by atoms with Crippen LogP contribution in [0.3, 0.4) is 0 Å². The number of anilines is 2. The fraction of sp³-hybridized carbons (Fsp3) is 0.409. The number of carbonyl (C=O) groups excluding carboxylic acids is 1. The van der Waals surface area contributed by atoms with E-state index in [1.165, 1.54) is 17.4 Å². The van der Waals surface area contributed by atoms with Crippen LogP contribution in [0.15, 0.2) is 36.5 Å². The van der Waals surface area contributed by atoms with Gasteiger partial charge in [0.2, 0.25) is 11.9 Å². The van der Waals surface area contributed by atoms with Crippen molar-refractivity contribution in [2.45, 2.75) is 39.5 Å². The highest BCUT2D eigenvalue weighted by molar-refractivity contribution is 5.94. The summed E-state index contributed by atoms with van der Waals surface area (Å²) in [5.41, 5.74) is 4.87. The third-order valence-electron chi connectivity index (χ3n) is 5.64. The fourth-order valence-corrected chi connectivity index (χ4v) is 4.07. The topological polar surface area (TPSA) is 87.6 Å². The zero-order valence-electron chi connectivity index (χ0n) is 16.9. The molecule has 29 heavy (non-hydrogen) atoms. The van der Waals surface area contributed by atoms with Gasteiger partial charge < -0.3 is 15.2 Å². The predicted molar refractivity (Wildman–Crippen MR) is 111 cm³/mol. The minimum atomic E-state index is -0.935. The second-order valence-electron chi connectivity index (χ2n) is 7.63. The van der Waals surface area contributed by atoms with E-state index in [2.05, 4.69) is 27.4 Å². The molecule has 7 heteroatoms. The second kappa shape index (κ2) is 7.93. The molecular formula is C22H26N4O3. The third kappa shape index (κ3) is 3.75. The number of aliphatic hydroxyl groups excluding tert-OH is 1. The molecular weight excluding hydrogens is 368 g/mol. The minimum absolute atomic E-state index is 0.186. The lowest BCUT2D eigenvalue weighted by Gasteiger charge is -2.42. The zero-order valence-corrected chi connectivity index (χ0v) is 16.9. The molecule has 0 spiro atoms. The summed E-state index contributed by atoms with van der Waals surface area (Å²) < 4.78 is 5.43. The number of aliphatic hydroxyl groups is 1. The molecule has 0 saturated heterocycles. The average Bonchev–Trinajstić information content (AvgIpc) is 2.72.